The van der Waals surface area contributed by atoms with Crippen molar-refractivity contribution in [1.29, 1.82) is 0 Å². The summed E-state index contributed by atoms with van der Waals surface area (Å²) in [4.78, 5) is 40.2. The number of hydrogen-bond acceptors (Lipinski definition) is 5. The van der Waals surface area contributed by atoms with Crippen molar-refractivity contribution in [3.05, 3.63) is 108 Å². The van der Waals surface area contributed by atoms with Gasteiger partial charge in [0.15, 0.2) is 0 Å². The third-order valence-corrected chi connectivity index (χ3v) is 11.3. The molecule has 1 atom stereocenters. The van der Waals surface area contributed by atoms with Crippen molar-refractivity contribution in [2.24, 2.45) is 0 Å². The molecule has 3 aromatic carbocycles. The lowest BCUT2D eigenvalue weighted by Gasteiger charge is -2.37. The molecule has 0 radical (unpaired) electrons. The Hall–Kier alpha value is -4.44. The summed E-state index contributed by atoms with van der Waals surface area (Å²) in [6.45, 7) is 19.2. The Balaban J connectivity index is 0.000000180. The maximum absolute atomic E-state index is 13.1. The molecule has 0 bridgehead atoms. The number of aromatic nitrogens is 2. The van der Waals surface area contributed by atoms with Gasteiger partial charge in [0.05, 0.1) is 0 Å². The third kappa shape index (κ3) is 8.12. The molecule has 2 aromatic heterocycles. The Labute approximate surface area is 308 Å². The van der Waals surface area contributed by atoms with Gasteiger partial charge in [-0.3, -0.25) is 24.3 Å². The minimum atomic E-state index is 0.150. The summed E-state index contributed by atoms with van der Waals surface area (Å²) in [5.41, 5.74) is 5.28. The molecule has 52 heavy (non-hydrogen) atoms. The van der Waals surface area contributed by atoms with E-state index in [-0.39, 0.29) is 11.8 Å². The lowest BCUT2D eigenvalue weighted by atomic mass is 10.1. The van der Waals surface area contributed by atoms with Crippen molar-refractivity contribution >= 4 is 33.6 Å². The largest absolute Gasteiger partial charge is 0.361 e. The van der Waals surface area contributed by atoms with Gasteiger partial charge >= 0.3 is 0 Å². The van der Waals surface area contributed by atoms with E-state index in [1.807, 2.05) is 46.3 Å². The molecule has 1 unspecified atom stereocenters. The molecule has 9 nitrogen and oxygen atoms in total. The van der Waals surface area contributed by atoms with Crippen LogP contribution in [0.5, 0.6) is 0 Å². The van der Waals surface area contributed by atoms with Crippen LogP contribution in [0.15, 0.2) is 91.3 Å². The van der Waals surface area contributed by atoms with E-state index in [4.69, 9.17) is 0 Å². The number of likely N-dealkylation sites (tertiary alicyclic amines) is 1. The molecule has 3 saturated heterocycles. The summed E-state index contributed by atoms with van der Waals surface area (Å²) in [6.07, 6.45) is 5.27. The number of carbonyl (C=O) groups excluding carboxylic acids is 2. The first kappa shape index (κ1) is 35.9. The van der Waals surface area contributed by atoms with E-state index in [1.54, 1.807) is 0 Å². The highest BCUT2D eigenvalue weighted by atomic mass is 16.2. The molecule has 8 rings (SSSR count). The van der Waals surface area contributed by atoms with Crippen LogP contribution in [0.4, 0.5) is 0 Å². The van der Waals surface area contributed by atoms with Crippen LogP contribution >= 0.6 is 0 Å². The molecule has 274 valence electrons. The van der Waals surface area contributed by atoms with Crippen molar-refractivity contribution in [3.8, 4) is 0 Å². The first-order chi connectivity index (χ1) is 25.2. The molecular formula is C43H55N7O2. The fourth-order valence-electron chi connectivity index (χ4n) is 8.07. The first-order valence-corrected chi connectivity index (χ1v) is 19.2. The normalized spacial score (nSPS) is 19.2. The highest BCUT2D eigenvalue weighted by Gasteiger charge is 2.27. The molecule has 0 spiro atoms. The van der Waals surface area contributed by atoms with Gasteiger partial charge < -0.3 is 19.4 Å². The SMILES string of the molecule is CC(C)N1CCN(C(=O)c2ccc3[nH]ccc3c2)CC1.CC(C)N1CCN(C(=O)c2ccc3c(ccn3C3CCN(Cc4ccccc4)C3)c2)CC1. The van der Waals surface area contributed by atoms with Crippen LogP contribution in [-0.4, -0.2) is 123 Å². The van der Waals surface area contributed by atoms with Crippen LogP contribution in [0.2, 0.25) is 0 Å². The number of fused-ring (bicyclic) bond motifs is 2. The summed E-state index contributed by atoms with van der Waals surface area (Å²) < 4.78 is 2.41. The second-order valence-electron chi connectivity index (χ2n) is 15.3. The molecule has 3 aliphatic rings. The molecule has 3 aliphatic heterocycles. The van der Waals surface area contributed by atoms with Gasteiger partial charge in [-0.25, -0.2) is 0 Å². The highest BCUT2D eigenvalue weighted by molar-refractivity contribution is 5.99. The number of hydrogen-bond donors (Lipinski definition) is 1. The van der Waals surface area contributed by atoms with Crippen molar-refractivity contribution < 1.29 is 9.59 Å². The molecule has 3 fully saturated rings. The van der Waals surface area contributed by atoms with Gasteiger partial charge in [-0.15, -0.1) is 0 Å². The van der Waals surface area contributed by atoms with E-state index >= 15 is 0 Å². The van der Waals surface area contributed by atoms with Crippen LogP contribution in [0.1, 0.15) is 66.4 Å². The minimum absolute atomic E-state index is 0.150. The summed E-state index contributed by atoms with van der Waals surface area (Å²) in [6, 6.07) is 28.6. The van der Waals surface area contributed by atoms with Crippen molar-refractivity contribution in [2.75, 3.05) is 65.4 Å². The Morgan fingerprint density at radius 2 is 1.27 bits per heavy atom. The highest BCUT2D eigenvalue weighted by Crippen LogP contribution is 2.29. The maximum atomic E-state index is 13.1. The molecule has 0 aliphatic carbocycles. The van der Waals surface area contributed by atoms with E-state index < -0.39 is 0 Å². The summed E-state index contributed by atoms with van der Waals surface area (Å²) in [5, 5.41) is 2.26. The van der Waals surface area contributed by atoms with Gasteiger partial charge in [0.2, 0.25) is 0 Å². The lowest BCUT2D eigenvalue weighted by molar-refractivity contribution is 0.0590. The summed E-state index contributed by atoms with van der Waals surface area (Å²) >= 11 is 0. The third-order valence-electron chi connectivity index (χ3n) is 11.3. The molecule has 1 N–H and O–H groups in total. The Morgan fingerprint density at radius 1 is 0.673 bits per heavy atom. The second kappa shape index (κ2) is 16.1. The smallest absolute Gasteiger partial charge is 0.253 e. The average Bonchev–Trinajstić information content (AvgIpc) is 3.94. The molecule has 5 aromatic rings. The molecule has 0 saturated carbocycles. The first-order valence-electron chi connectivity index (χ1n) is 19.2. The molecule has 9 heteroatoms. The number of aromatic amines is 1. The van der Waals surface area contributed by atoms with Crippen molar-refractivity contribution in [1.82, 2.24) is 34.1 Å². The van der Waals surface area contributed by atoms with Gasteiger partial charge in [0.1, 0.15) is 0 Å². The lowest BCUT2D eigenvalue weighted by Crippen LogP contribution is -2.50. The number of rotatable bonds is 7. The average molecular weight is 702 g/mol. The quantitative estimate of drug-likeness (QED) is 0.208. The van der Waals surface area contributed by atoms with E-state index in [9.17, 15) is 9.59 Å². The fourth-order valence-corrected chi connectivity index (χ4v) is 8.07. The Bertz CT molecular complexity index is 1950. The van der Waals surface area contributed by atoms with Crippen LogP contribution in [0.25, 0.3) is 21.8 Å². The molecule has 2 amide bonds. The number of piperazine rings is 2. The summed E-state index contributed by atoms with van der Waals surface area (Å²) in [7, 11) is 0. The van der Waals surface area contributed by atoms with E-state index in [0.717, 1.165) is 106 Å². The number of H-pyrrole nitrogens is 1. The van der Waals surface area contributed by atoms with Crippen LogP contribution in [0.3, 0.4) is 0 Å². The van der Waals surface area contributed by atoms with Crippen LogP contribution in [-0.2, 0) is 6.54 Å². The number of carbonyl (C=O) groups is 2. The molecule has 5 heterocycles. The minimum Gasteiger partial charge on any atom is -0.361 e. The zero-order valence-corrected chi connectivity index (χ0v) is 31.4. The zero-order valence-electron chi connectivity index (χ0n) is 31.4. The van der Waals surface area contributed by atoms with Crippen LogP contribution < -0.4 is 0 Å². The van der Waals surface area contributed by atoms with Gasteiger partial charge in [-0.2, -0.15) is 0 Å². The standard InChI is InChI=1S/C27H34N4O.C16H21N3O/c1-21(2)29-14-16-30(17-15-29)27(32)24-8-9-26-23(18-24)10-13-31(26)25-11-12-28(20-25)19-22-6-4-3-5-7-22;1-12(2)18-7-9-19(10-8-18)16(20)14-3-4-15-13(11-14)5-6-17-15/h3-10,13,18,21,25H,11-12,14-17,19-20H2,1-2H3;3-6,11-12,17H,7-10H2,1-2H3. The number of nitrogens with one attached hydrogen (secondary N) is 1. The van der Waals surface area contributed by atoms with Gasteiger partial charge in [-0.05, 0) is 88.2 Å². The van der Waals surface area contributed by atoms with E-state index in [1.165, 1.54) is 11.1 Å². The van der Waals surface area contributed by atoms with Crippen LogP contribution in [0, 0.1) is 0 Å². The van der Waals surface area contributed by atoms with Gasteiger partial charge in [-0.1, -0.05) is 30.3 Å². The summed E-state index contributed by atoms with van der Waals surface area (Å²) in [5.74, 6) is 0.314. The van der Waals surface area contributed by atoms with Gasteiger partial charge in [0.25, 0.3) is 11.8 Å². The van der Waals surface area contributed by atoms with E-state index in [2.05, 4.69) is 107 Å². The van der Waals surface area contributed by atoms with Crippen molar-refractivity contribution in [2.45, 2.75) is 58.8 Å². The van der Waals surface area contributed by atoms with Crippen molar-refractivity contribution in [3.63, 3.8) is 0 Å². The Morgan fingerprint density at radius 3 is 1.88 bits per heavy atom. The predicted molar refractivity (Wildman–Crippen MR) is 211 cm³/mol. The number of amides is 2. The maximum Gasteiger partial charge on any atom is 0.253 e. The van der Waals surface area contributed by atoms with E-state index in [0.29, 0.717) is 18.1 Å². The number of benzene rings is 3. The zero-order chi connectivity index (χ0) is 36.2. The Kier molecular flexibility index (Phi) is 11.1. The monoisotopic (exact) mass is 701 g/mol. The number of nitrogens with zero attached hydrogens (tertiary/aromatic N) is 6. The predicted octanol–water partition coefficient (Wildman–Crippen LogP) is 6.59. The second-order valence-corrected chi connectivity index (χ2v) is 15.3. The molecular weight excluding hydrogens is 647 g/mol. The topological polar surface area (TPSA) is 71.1 Å². The van der Waals surface area contributed by atoms with Gasteiger partial charge in [0, 0.05) is 135 Å². The fraction of sp³-hybridized carbons (Fsp3) is 0.442.